The average Bonchev–Trinajstić information content (AvgIpc) is 2.30. The van der Waals surface area contributed by atoms with Gasteiger partial charge in [0.1, 0.15) is 25.2 Å². The molecule has 0 bridgehead atoms. The van der Waals surface area contributed by atoms with Crippen LogP contribution in [-0.2, 0) is 0 Å². The summed E-state index contributed by atoms with van der Waals surface area (Å²) >= 11 is 0. The second-order valence-corrected chi connectivity index (χ2v) is 3.80. The molecule has 0 aliphatic heterocycles. The number of nitrogens with zero attached hydrogens (tertiary/aromatic N) is 1. The van der Waals surface area contributed by atoms with Crippen LogP contribution in [0.4, 0.5) is 4.39 Å². The first kappa shape index (κ1) is 17.1. The summed E-state index contributed by atoms with van der Waals surface area (Å²) in [5, 5.41) is 0. The summed E-state index contributed by atoms with van der Waals surface area (Å²) in [5.41, 5.74) is 1.93. The van der Waals surface area contributed by atoms with E-state index in [4.69, 9.17) is 12.6 Å². The van der Waals surface area contributed by atoms with Crippen LogP contribution < -0.4 is 10.2 Å². The molecule has 6 heteroatoms. The fourth-order valence-corrected chi connectivity index (χ4v) is 1.43. The molecule has 0 fully saturated rings. The van der Waals surface area contributed by atoms with Crippen molar-refractivity contribution < 1.29 is 20.1 Å². The van der Waals surface area contributed by atoms with Crippen molar-refractivity contribution in [2.45, 2.75) is 13.8 Å². The van der Waals surface area contributed by atoms with E-state index in [1.54, 1.807) is 18.3 Å². The zero-order valence-electron chi connectivity index (χ0n) is 10.7. The van der Waals surface area contributed by atoms with Gasteiger partial charge in [0.25, 0.3) is 0 Å². The lowest BCUT2D eigenvalue weighted by Gasteiger charge is -2.10. The number of aryl methyl sites for hydroxylation is 1. The van der Waals surface area contributed by atoms with Gasteiger partial charge in [-0.2, -0.15) is 0 Å². The number of pyridine rings is 1. The maximum Gasteiger partial charge on any atom is 0.133 e. The predicted octanol–water partition coefficient (Wildman–Crippen LogP) is 0.774. The van der Waals surface area contributed by atoms with Crippen molar-refractivity contribution in [1.29, 1.82) is 0 Å². The molecule has 0 saturated heterocycles. The normalized spacial score (nSPS) is 9.21. The Morgan fingerprint density at radius 2 is 1.84 bits per heavy atom. The zero-order chi connectivity index (χ0) is 12.4. The number of hydrogen-bond donors (Lipinski definition) is 0. The molecule has 2 radical (unpaired) electrons. The number of aromatic nitrogens is 1. The molecule has 0 aliphatic carbocycles. The number of hydrogen-bond acceptors (Lipinski definition) is 2. The summed E-state index contributed by atoms with van der Waals surface area (Å²) in [6, 6.07) is 6.13. The fourth-order valence-electron chi connectivity index (χ4n) is 1.43. The van der Waals surface area contributed by atoms with Gasteiger partial charge in [-0.05, 0) is 26.0 Å². The third-order valence-electron chi connectivity index (χ3n) is 2.61. The molecule has 2 rings (SSSR count). The standard InChI is InChI=1S/C13H11BFNO.2H2O/c1-8-9(2)16-6-5-13(8)17-10-3-4-11(14)12(15)7-10;;/h3-7H,1-2H3;2*1H2. The second kappa shape index (κ2) is 6.87. The first-order valence-corrected chi connectivity index (χ1v) is 5.23. The van der Waals surface area contributed by atoms with E-state index in [2.05, 4.69) is 4.98 Å². The van der Waals surface area contributed by atoms with Crippen LogP contribution in [0, 0.1) is 19.7 Å². The lowest BCUT2D eigenvalue weighted by Crippen LogP contribution is -2.07. The van der Waals surface area contributed by atoms with E-state index < -0.39 is 5.82 Å². The monoisotopic (exact) mass is 263 g/mol. The maximum atomic E-state index is 13.2. The predicted molar refractivity (Wildman–Crippen MR) is 72.8 cm³/mol. The first-order valence-electron chi connectivity index (χ1n) is 5.23. The molecule has 4 N–H and O–H groups in total. The Bertz CT molecular complexity index is 564. The molecule has 1 aromatic carbocycles. The molecule has 0 unspecified atom stereocenters. The molecule has 0 amide bonds. The molecule has 2 aromatic rings. The van der Waals surface area contributed by atoms with Crippen LogP contribution in [0.3, 0.4) is 0 Å². The molecule has 0 atom stereocenters. The Morgan fingerprint density at radius 3 is 2.47 bits per heavy atom. The van der Waals surface area contributed by atoms with E-state index in [-0.39, 0.29) is 16.4 Å². The van der Waals surface area contributed by atoms with Crippen LogP contribution in [-0.4, -0.2) is 23.8 Å². The second-order valence-electron chi connectivity index (χ2n) is 3.80. The van der Waals surface area contributed by atoms with Gasteiger partial charge in [0.15, 0.2) is 0 Å². The highest BCUT2D eigenvalue weighted by Crippen LogP contribution is 2.25. The Labute approximate surface area is 112 Å². The maximum absolute atomic E-state index is 13.2. The molecule has 1 aromatic heterocycles. The molecule has 4 nitrogen and oxygen atoms in total. The van der Waals surface area contributed by atoms with Gasteiger partial charge in [-0.25, -0.2) is 4.39 Å². The highest BCUT2D eigenvalue weighted by Gasteiger charge is 2.05. The average molecular weight is 263 g/mol. The van der Waals surface area contributed by atoms with Gasteiger partial charge >= 0.3 is 0 Å². The molecule has 0 spiro atoms. The molecule has 0 aliphatic rings. The van der Waals surface area contributed by atoms with Crippen molar-refractivity contribution in [2.24, 2.45) is 0 Å². The minimum absolute atomic E-state index is 0. The summed E-state index contributed by atoms with van der Waals surface area (Å²) < 4.78 is 18.8. The van der Waals surface area contributed by atoms with E-state index in [0.29, 0.717) is 11.5 Å². The smallest absolute Gasteiger partial charge is 0.133 e. The van der Waals surface area contributed by atoms with Gasteiger partial charge in [-0.3, -0.25) is 4.98 Å². The summed E-state index contributed by atoms with van der Waals surface area (Å²) in [6.07, 6.45) is 1.66. The summed E-state index contributed by atoms with van der Waals surface area (Å²) in [6.45, 7) is 3.80. The fraction of sp³-hybridized carbons (Fsp3) is 0.154. The van der Waals surface area contributed by atoms with Crippen molar-refractivity contribution in [1.82, 2.24) is 4.98 Å². The summed E-state index contributed by atoms with van der Waals surface area (Å²) in [7, 11) is 5.40. The van der Waals surface area contributed by atoms with Crippen molar-refractivity contribution in [3.05, 3.63) is 47.5 Å². The number of rotatable bonds is 2. The minimum atomic E-state index is -0.481. The SMILES string of the molecule is O.O.[B]c1ccc(Oc2ccnc(C)c2C)cc1F. The first-order chi connectivity index (χ1) is 8.08. The van der Waals surface area contributed by atoms with Crippen LogP contribution in [0.2, 0.25) is 0 Å². The van der Waals surface area contributed by atoms with Crippen molar-refractivity contribution in [2.75, 3.05) is 0 Å². The third-order valence-corrected chi connectivity index (χ3v) is 2.61. The quantitative estimate of drug-likeness (QED) is 0.749. The Morgan fingerprint density at radius 1 is 1.16 bits per heavy atom. The summed E-state index contributed by atoms with van der Waals surface area (Å²) in [4.78, 5) is 4.14. The van der Waals surface area contributed by atoms with Gasteiger partial charge in [0.2, 0.25) is 0 Å². The third kappa shape index (κ3) is 3.77. The van der Waals surface area contributed by atoms with Crippen LogP contribution >= 0.6 is 0 Å². The van der Waals surface area contributed by atoms with Crippen LogP contribution in [0.25, 0.3) is 0 Å². The number of halogens is 1. The van der Waals surface area contributed by atoms with E-state index in [0.717, 1.165) is 11.3 Å². The topological polar surface area (TPSA) is 85.1 Å². The van der Waals surface area contributed by atoms with E-state index in [1.807, 2.05) is 13.8 Å². The highest BCUT2D eigenvalue weighted by molar-refractivity contribution is 6.32. The lowest BCUT2D eigenvalue weighted by molar-refractivity contribution is 0.472. The molecular weight excluding hydrogens is 248 g/mol. The minimum Gasteiger partial charge on any atom is -0.457 e. The molecule has 100 valence electrons. The van der Waals surface area contributed by atoms with E-state index in [9.17, 15) is 4.39 Å². The van der Waals surface area contributed by atoms with Gasteiger partial charge in [0.05, 0.1) is 0 Å². The Kier molecular flexibility index (Phi) is 6.18. The van der Waals surface area contributed by atoms with Crippen LogP contribution in [0.1, 0.15) is 11.3 Å². The van der Waals surface area contributed by atoms with E-state index in [1.165, 1.54) is 12.1 Å². The largest absolute Gasteiger partial charge is 0.457 e. The Balaban J connectivity index is 0.00000162. The van der Waals surface area contributed by atoms with Crippen LogP contribution in [0.5, 0.6) is 11.5 Å². The highest BCUT2D eigenvalue weighted by atomic mass is 19.1. The van der Waals surface area contributed by atoms with Gasteiger partial charge in [0, 0.05) is 23.5 Å². The number of ether oxygens (including phenoxy) is 1. The van der Waals surface area contributed by atoms with Crippen molar-refractivity contribution in [3.63, 3.8) is 0 Å². The van der Waals surface area contributed by atoms with Crippen molar-refractivity contribution in [3.8, 4) is 11.5 Å². The van der Waals surface area contributed by atoms with Crippen molar-refractivity contribution >= 4 is 13.3 Å². The van der Waals surface area contributed by atoms with E-state index >= 15 is 0 Å². The summed E-state index contributed by atoms with van der Waals surface area (Å²) in [5.74, 6) is 0.609. The van der Waals surface area contributed by atoms with Gasteiger partial charge in [-0.15, -0.1) is 0 Å². The lowest BCUT2D eigenvalue weighted by atomic mass is 9.96. The molecule has 19 heavy (non-hydrogen) atoms. The molecular formula is C13H15BFNO3. The zero-order valence-corrected chi connectivity index (χ0v) is 10.7. The Hall–Kier alpha value is -1.92. The number of benzene rings is 1. The molecule has 0 saturated carbocycles. The van der Waals surface area contributed by atoms with Gasteiger partial charge in [-0.1, -0.05) is 11.5 Å². The van der Waals surface area contributed by atoms with Crippen LogP contribution in [0.15, 0.2) is 30.5 Å². The van der Waals surface area contributed by atoms with Gasteiger partial charge < -0.3 is 15.7 Å². The molecule has 1 heterocycles.